The van der Waals surface area contributed by atoms with Crippen LogP contribution < -0.4 is 5.32 Å². The predicted octanol–water partition coefficient (Wildman–Crippen LogP) is 1.81. The Kier molecular flexibility index (Phi) is 6.23. The van der Waals surface area contributed by atoms with Crippen molar-refractivity contribution < 1.29 is 13.2 Å². The van der Waals surface area contributed by atoms with Gasteiger partial charge in [0, 0.05) is 31.1 Å². The summed E-state index contributed by atoms with van der Waals surface area (Å²) in [4.78, 5) is 11.8. The molecule has 1 aromatic rings. The van der Waals surface area contributed by atoms with Crippen molar-refractivity contribution in [1.82, 2.24) is 9.62 Å². The lowest BCUT2D eigenvalue weighted by Crippen LogP contribution is -2.40. The van der Waals surface area contributed by atoms with Gasteiger partial charge in [0.1, 0.15) is 0 Å². The van der Waals surface area contributed by atoms with Gasteiger partial charge in [-0.05, 0) is 37.0 Å². The summed E-state index contributed by atoms with van der Waals surface area (Å²) in [5, 5.41) is 3.51. The van der Waals surface area contributed by atoms with Gasteiger partial charge in [0.05, 0.1) is 5.75 Å². The van der Waals surface area contributed by atoms with Crippen LogP contribution in [0.3, 0.4) is 0 Å². The second kappa shape index (κ2) is 7.94. The molecular formula is C15H21ClN2O3S. The van der Waals surface area contributed by atoms with Crippen molar-refractivity contribution in [2.24, 2.45) is 0 Å². The molecule has 1 aromatic carbocycles. The van der Waals surface area contributed by atoms with E-state index in [2.05, 4.69) is 5.32 Å². The van der Waals surface area contributed by atoms with Crippen molar-refractivity contribution in [2.75, 3.05) is 25.4 Å². The van der Waals surface area contributed by atoms with E-state index in [1.54, 1.807) is 0 Å². The molecule has 0 aliphatic carbocycles. The van der Waals surface area contributed by atoms with Crippen LogP contribution in [0.15, 0.2) is 24.3 Å². The number of hydrogen-bond donors (Lipinski definition) is 1. The molecule has 0 radical (unpaired) electrons. The quantitative estimate of drug-likeness (QED) is 0.856. The first-order chi connectivity index (χ1) is 10.5. The van der Waals surface area contributed by atoms with Crippen LogP contribution in [0.2, 0.25) is 5.02 Å². The zero-order valence-electron chi connectivity index (χ0n) is 12.4. The fraction of sp³-hybridized carbons (Fsp3) is 0.533. The highest BCUT2D eigenvalue weighted by atomic mass is 35.5. The first-order valence-electron chi connectivity index (χ1n) is 7.46. The third-order valence-electron chi connectivity index (χ3n) is 3.69. The number of carbonyl (C=O) groups excluding carboxylic acids is 1. The Morgan fingerprint density at radius 3 is 2.64 bits per heavy atom. The zero-order chi connectivity index (χ0) is 16.0. The Balaban J connectivity index is 1.68. The number of halogens is 1. The topological polar surface area (TPSA) is 66.5 Å². The summed E-state index contributed by atoms with van der Waals surface area (Å²) in [6.07, 6.45) is 2.52. The number of hydrogen-bond acceptors (Lipinski definition) is 3. The molecule has 2 rings (SSSR count). The van der Waals surface area contributed by atoms with E-state index in [1.807, 2.05) is 24.3 Å². The Morgan fingerprint density at radius 1 is 1.23 bits per heavy atom. The van der Waals surface area contributed by atoms with Crippen molar-refractivity contribution in [3.05, 3.63) is 34.9 Å². The number of amides is 1. The molecule has 0 atom stereocenters. The Hall–Kier alpha value is -1.11. The molecule has 0 aromatic heterocycles. The molecule has 22 heavy (non-hydrogen) atoms. The summed E-state index contributed by atoms with van der Waals surface area (Å²) in [6, 6.07) is 7.49. The highest BCUT2D eigenvalue weighted by Crippen LogP contribution is 2.13. The first-order valence-corrected chi connectivity index (χ1v) is 9.45. The van der Waals surface area contributed by atoms with E-state index < -0.39 is 10.0 Å². The van der Waals surface area contributed by atoms with Gasteiger partial charge in [-0.25, -0.2) is 12.7 Å². The summed E-state index contributed by atoms with van der Waals surface area (Å²) >= 11 is 5.81. The molecule has 0 saturated carbocycles. The molecular weight excluding hydrogens is 324 g/mol. The van der Waals surface area contributed by atoms with Crippen molar-refractivity contribution in [2.45, 2.75) is 25.7 Å². The smallest absolute Gasteiger partial charge is 0.221 e. The molecule has 1 heterocycles. The highest BCUT2D eigenvalue weighted by molar-refractivity contribution is 7.89. The van der Waals surface area contributed by atoms with Gasteiger partial charge in [0.15, 0.2) is 0 Å². The fourth-order valence-electron chi connectivity index (χ4n) is 2.40. The van der Waals surface area contributed by atoms with Crippen molar-refractivity contribution in [1.29, 1.82) is 0 Å². The lowest BCUT2D eigenvalue weighted by atomic mass is 10.1. The average Bonchev–Trinajstić information content (AvgIpc) is 2.48. The lowest BCUT2D eigenvalue weighted by Gasteiger charge is -2.25. The number of sulfonamides is 1. The monoisotopic (exact) mass is 344 g/mol. The third kappa shape index (κ3) is 5.26. The van der Waals surface area contributed by atoms with E-state index in [9.17, 15) is 13.2 Å². The third-order valence-corrected chi connectivity index (χ3v) is 5.90. The molecule has 1 fully saturated rings. The van der Waals surface area contributed by atoms with Crippen molar-refractivity contribution >= 4 is 27.5 Å². The molecule has 1 saturated heterocycles. The minimum atomic E-state index is -3.15. The molecule has 1 N–H and O–H groups in total. The van der Waals surface area contributed by atoms with E-state index >= 15 is 0 Å². The van der Waals surface area contributed by atoms with Crippen LogP contribution in [0.25, 0.3) is 0 Å². The molecule has 0 spiro atoms. The maximum absolute atomic E-state index is 11.8. The number of rotatable bonds is 6. The van der Waals surface area contributed by atoms with Gasteiger partial charge in [-0.2, -0.15) is 0 Å². The number of nitrogens with zero attached hydrogens (tertiary/aromatic N) is 1. The van der Waals surface area contributed by atoms with Crippen LogP contribution in [0.5, 0.6) is 0 Å². The molecule has 1 amide bonds. The summed E-state index contributed by atoms with van der Waals surface area (Å²) < 4.78 is 25.0. The minimum Gasteiger partial charge on any atom is -0.356 e. The van der Waals surface area contributed by atoms with Gasteiger partial charge < -0.3 is 5.32 Å². The standard InChI is InChI=1S/C15H21ClN2O3S/c16-14-5-3-13(4-6-14)7-9-17-15(19)8-11-18-10-1-2-12-22(18,20)21/h3-6H,1-2,7-12H2,(H,17,19). The van der Waals surface area contributed by atoms with Crippen LogP contribution in [0, 0.1) is 0 Å². The number of carbonyl (C=O) groups is 1. The summed E-state index contributed by atoms with van der Waals surface area (Å²) in [5.41, 5.74) is 1.10. The van der Waals surface area contributed by atoms with Gasteiger partial charge in [0.25, 0.3) is 0 Å². The van der Waals surface area contributed by atoms with E-state index in [0.29, 0.717) is 24.5 Å². The van der Waals surface area contributed by atoms with Gasteiger partial charge in [-0.3, -0.25) is 4.79 Å². The molecule has 1 aliphatic heterocycles. The van der Waals surface area contributed by atoms with Gasteiger partial charge in [0.2, 0.25) is 15.9 Å². The van der Waals surface area contributed by atoms with Crippen LogP contribution >= 0.6 is 11.6 Å². The van der Waals surface area contributed by atoms with Gasteiger partial charge in [-0.1, -0.05) is 23.7 Å². The Morgan fingerprint density at radius 2 is 1.95 bits per heavy atom. The summed E-state index contributed by atoms with van der Waals surface area (Å²) in [6.45, 7) is 1.34. The molecule has 122 valence electrons. The minimum absolute atomic E-state index is 0.116. The maximum atomic E-state index is 11.8. The fourth-order valence-corrected chi connectivity index (χ4v) is 4.13. The van der Waals surface area contributed by atoms with E-state index in [0.717, 1.165) is 18.4 Å². The van der Waals surface area contributed by atoms with Crippen molar-refractivity contribution in [3.63, 3.8) is 0 Å². The lowest BCUT2D eigenvalue weighted by molar-refractivity contribution is -0.121. The number of nitrogens with one attached hydrogen (secondary N) is 1. The van der Waals surface area contributed by atoms with Gasteiger partial charge in [-0.15, -0.1) is 0 Å². The molecule has 1 aliphatic rings. The van der Waals surface area contributed by atoms with Crippen LogP contribution in [-0.4, -0.2) is 44.0 Å². The molecule has 7 heteroatoms. The van der Waals surface area contributed by atoms with Crippen LogP contribution in [0.1, 0.15) is 24.8 Å². The predicted molar refractivity (Wildman–Crippen MR) is 87.4 cm³/mol. The average molecular weight is 345 g/mol. The zero-order valence-corrected chi connectivity index (χ0v) is 14.0. The summed E-state index contributed by atoms with van der Waals surface area (Å²) in [5.74, 6) is 0.0836. The second-order valence-electron chi connectivity index (χ2n) is 5.40. The second-order valence-corrected chi connectivity index (χ2v) is 7.92. The molecule has 0 unspecified atom stereocenters. The highest BCUT2D eigenvalue weighted by Gasteiger charge is 2.25. The van der Waals surface area contributed by atoms with Gasteiger partial charge >= 0.3 is 0 Å². The Bertz CT molecular complexity index is 602. The largest absolute Gasteiger partial charge is 0.356 e. The molecule has 5 nitrogen and oxygen atoms in total. The van der Waals surface area contributed by atoms with E-state index in [1.165, 1.54) is 4.31 Å². The van der Waals surface area contributed by atoms with Crippen LogP contribution in [-0.2, 0) is 21.2 Å². The summed E-state index contributed by atoms with van der Waals surface area (Å²) in [7, 11) is -3.15. The van der Waals surface area contributed by atoms with Crippen molar-refractivity contribution in [3.8, 4) is 0 Å². The van der Waals surface area contributed by atoms with Crippen LogP contribution in [0.4, 0.5) is 0 Å². The normalized spacial score (nSPS) is 18.0. The van der Waals surface area contributed by atoms with E-state index in [-0.39, 0.29) is 24.6 Å². The first kappa shape index (κ1) is 17.2. The maximum Gasteiger partial charge on any atom is 0.221 e. The molecule has 0 bridgehead atoms. The Labute approximate surface area is 136 Å². The SMILES string of the molecule is O=C(CCN1CCCCS1(=O)=O)NCCc1ccc(Cl)cc1. The van der Waals surface area contributed by atoms with E-state index in [4.69, 9.17) is 11.6 Å². The number of benzene rings is 1.